The Morgan fingerprint density at radius 2 is 2.35 bits per heavy atom. The van der Waals surface area contributed by atoms with Gasteiger partial charge in [0.2, 0.25) is 10.0 Å². The SMILES string of the molecule is O=S(=O)(NC1CCSC1)c1cc(CO)sc1Br. The third-order valence-electron chi connectivity index (χ3n) is 2.40. The highest BCUT2D eigenvalue weighted by Crippen LogP contribution is 2.32. The molecule has 2 N–H and O–H groups in total. The van der Waals surface area contributed by atoms with Gasteiger partial charge < -0.3 is 5.11 Å². The Kier molecular flexibility index (Phi) is 4.54. The van der Waals surface area contributed by atoms with E-state index >= 15 is 0 Å². The molecule has 96 valence electrons. The van der Waals surface area contributed by atoms with Crippen molar-refractivity contribution in [1.82, 2.24) is 4.72 Å². The third-order valence-corrected chi connectivity index (χ3v) is 7.32. The Labute approximate surface area is 117 Å². The highest BCUT2D eigenvalue weighted by molar-refractivity contribution is 9.11. The van der Waals surface area contributed by atoms with Crippen LogP contribution in [-0.2, 0) is 16.6 Å². The van der Waals surface area contributed by atoms with Crippen molar-refractivity contribution in [3.8, 4) is 0 Å². The Morgan fingerprint density at radius 3 is 2.88 bits per heavy atom. The van der Waals surface area contributed by atoms with Crippen molar-refractivity contribution in [2.45, 2.75) is 24.0 Å². The van der Waals surface area contributed by atoms with Crippen molar-refractivity contribution in [1.29, 1.82) is 0 Å². The molecule has 1 atom stereocenters. The monoisotopic (exact) mass is 357 g/mol. The summed E-state index contributed by atoms with van der Waals surface area (Å²) in [6, 6.07) is 1.54. The fourth-order valence-electron chi connectivity index (χ4n) is 1.57. The minimum absolute atomic E-state index is 0.0226. The second kappa shape index (κ2) is 5.58. The fourth-order valence-corrected chi connectivity index (χ4v) is 6.64. The van der Waals surface area contributed by atoms with E-state index in [4.69, 9.17) is 5.11 Å². The zero-order chi connectivity index (χ0) is 12.5. The van der Waals surface area contributed by atoms with Gasteiger partial charge in [-0.15, -0.1) is 11.3 Å². The molecule has 8 heteroatoms. The Morgan fingerprint density at radius 1 is 1.59 bits per heavy atom. The van der Waals surface area contributed by atoms with Crippen LogP contribution in [-0.4, -0.2) is 31.1 Å². The van der Waals surface area contributed by atoms with Crippen molar-refractivity contribution in [2.75, 3.05) is 11.5 Å². The molecule has 1 unspecified atom stereocenters. The predicted molar refractivity (Wildman–Crippen MR) is 74.0 cm³/mol. The van der Waals surface area contributed by atoms with Crippen LogP contribution in [0.2, 0.25) is 0 Å². The van der Waals surface area contributed by atoms with E-state index in [0.29, 0.717) is 8.66 Å². The second-order valence-corrected chi connectivity index (χ2v) is 8.98. The highest BCUT2D eigenvalue weighted by atomic mass is 79.9. The summed E-state index contributed by atoms with van der Waals surface area (Å²) in [6.45, 7) is -0.141. The van der Waals surface area contributed by atoms with Crippen LogP contribution in [0.3, 0.4) is 0 Å². The van der Waals surface area contributed by atoms with E-state index in [2.05, 4.69) is 20.7 Å². The number of halogens is 1. The lowest BCUT2D eigenvalue weighted by atomic mass is 10.3. The lowest BCUT2D eigenvalue weighted by Crippen LogP contribution is -2.34. The van der Waals surface area contributed by atoms with Crippen LogP contribution in [0.15, 0.2) is 14.7 Å². The van der Waals surface area contributed by atoms with Gasteiger partial charge in [0.15, 0.2) is 0 Å². The van der Waals surface area contributed by atoms with Gasteiger partial charge in [0, 0.05) is 16.7 Å². The van der Waals surface area contributed by atoms with E-state index < -0.39 is 10.0 Å². The molecule has 17 heavy (non-hydrogen) atoms. The summed E-state index contributed by atoms with van der Waals surface area (Å²) >= 11 is 6.22. The molecule has 4 nitrogen and oxygen atoms in total. The summed E-state index contributed by atoms with van der Waals surface area (Å²) in [4.78, 5) is 0.862. The minimum Gasteiger partial charge on any atom is -0.391 e. The molecule has 0 aliphatic carbocycles. The maximum absolute atomic E-state index is 12.1. The van der Waals surface area contributed by atoms with E-state index in [0.717, 1.165) is 17.9 Å². The number of rotatable bonds is 4. The zero-order valence-corrected chi connectivity index (χ0v) is 12.9. The van der Waals surface area contributed by atoms with Gasteiger partial charge in [0.1, 0.15) is 4.90 Å². The summed E-state index contributed by atoms with van der Waals surface area (Å²) in [5, 5.41) is 9.00. The lowest BCUT2D eigenvalue weighted by Gasteiger charge is -2.11. The molecule has 0 saturated carbocycles. The maximum Gasteiger partial charge on any atom is 0.242 e. The first-order chi connectivity index (χ1) is 8.03. The lowest BCUT2D eigenvalue weighted by molar-refractivity contribution is 0.285. The topological polar surface area (TPSA) is 66.4 Å². The van der Waals surface area contributed by atoms with Gasteiger partial charge in [-0.05, 0) is 34.2 Å². The van der Waals surface area contributed by atoms with Gasteiger partial charge in [0.25, 0.3) is 0 Å². The van der Waals surface area contributed by atoms with E-state index in [1.807, 2.05) is 0 Å². The zero-order valence-electron chi connectivity index (χ0n) is 8.85. The van der Waals surface area contributed by atoms with E-state index in [-0.39, 0.29) is 17.5 Å². The first kappa shape index (κ1) is 13.8. The molecule has 1 fully saturated rings. The summed E-state index contributed by atoms with van der Waals surface area (Å²) in [7, 11) is -3.47. The van der Waals surface area contributed by atoms with Crippen LogP contribution in [0.5, 0.6) is 0 Å². The normalized spacial score (nSPS) is 20.9. The summed E-state index contributed by atoms with van der Waals surface area (Å²) in [5.74, 6) is 1.83. The number of sulfonamides is 1. The van der Waals surface area contributed by atoms with Crippen molar-refractivity contribution in [3.63, 3.8) is 0 Å². The number of thiophene rings is 1. The quantitative estimate of drug-likeness (QED) is 0.861. The van der Waals surface area contributed by atoms with Gasteiger partial charge >= 0.3 is 0 Å². The number of aliphatic hydroxyl groups excluding tert-OH is 1. The van der Waals surface area contributed by atoms with Gasteiger partial charge in [-0.3, -0.25) is 0 Å². The number of nitrogens with one attached hydrogen (secondary N) is 1. The van der Waals surface area contributed by atoms with E-state index in [1.54, 1.807) is 11.8 Å². The Bertz CT molecular complexity index is 494. The first-order valence-corrected chi connectivity index (χ1v) is 9.27. The van der Waals surface area contributed by atoms with Crippen molar-refractivity contribution in [2.24, 2.45) is 0 Å². The molecule has 1 aliphatic heterocycles. The number of thioether (sulfide) groups is 1. The van der Waals surface area contributed by atoms with Crippen LogP contribution < -0.4 is 4.72 Å². The van der Waals surface area contributed by atoms with Crippen molar-refractivity contribution < 1.29 is 13.5 Å². The van der Waals surface area contributed by atoms with Crippen molar-refractivity contribution in [3.05, 3.63) is 14.7 Å². The second-order valence-electron chi connectivity index (χ2n) is 3.69. The number of hydrogen-bond donors (Lipinski definition) is 2. The van der Waals surface area contributed by atoms with Crippen LogP contribution in [0.1, 0.15) is 11.3 Å². The highest BCUT2D eigenvalue weighted by Gasteiger charge is 2.26. The molecule has 0 bridgehead atoms. The fraction of sp³-hybridized carbons (Fsp3) is 0.556. The Hall–Kier alpha value is 0.400. The molecule has 0 radical (unpaired) electrons. The molecule has 0 aromatic carbocycles. The summed E-state index contributed by atoms with van der Waals surface area (Å²) < 4.78 is 27.5. The van der Waals surface area contributed by atoms with Crippen molar-refractivity contribution >= 4 is 49.1 Å². The molecule has 1 aliphatic rings. The number of aliphatic hydroxyl groups is 1. The first-order valence-electron chi connectivity index (χ1n) is 5.02. The molecular weight excluding hydrogens is 346 g/mol. The van der Waals surface area contributed by atoms with E-state index in [9.17, 15) is 8.42 Å². The van der Waals surface area contributed by atoms with Gasteiger partial charge in [-0.25, -0.2) is 13.1 Å². The Balaban J connectivity index is 2.21. The molecule has 2 heterocycles. The van der Waals surface area contributed by atoms with Crippen LogP contribution in [0.25, 0.3) is 0 Å². The summed E-state index contributed by atoms with van der Waals surface area (Å²) in [6.07, 6.45) is 0.874. The largest absolute Gasteiger partial charge is 0.391 e. The van der Waals surface area contributed by atoms with Crippen LogP contribution >= 0.6 is 39.0 Å². The number of hydrogen-bond acceptors (Lipinski definition) is 5. The molecule has 1 saturated heterocycles. The van der Waals surface area contributed by atoms with Crippen LogP contribution in [0, 0.1) is 0 Å². The molecular formula is C9H12BrNO3S3. The van der Waals surface area contributed by atoms with E-state index in [1.165, 1.54) is 17.4 Å². The van der Waals surface area contributed by atoms with Crippen LogP contribution in [0.4, 0.5) is 0 Å². The average Bonchev–Trinajstić information content (AvgIpc) is 2.86. The standard InChI is InChI=1S/C9H12BrNO3S3/c10-9-8(3-7(4-12)16-9)17(13,14)11-6-1-2-15-5-6/h3,6,11-12H,1-2,4-5H2. The molecule has 0 spiro atoms. The summed E-state index contributed by atoms with van der Waals surface area (Å²) in [5.41, 5.74) is 0. The molecule has 1 aromatic heterocycles. The molecule has 1 aromatic rings. The van der Waals surface area contributed by atoms with Gasteiger partial charge in [-0.2, -0.15) is 11.8 Å². The minimum atomic E-state index is -3.47. The average molecular weight is 358 g/mol. The maximum atomic E-state index is 12.1. The smallest absolute Gasteiger partial charge is 0.242 e. The molecule has 0 amide bonds. The van der Waals surface area contributed by atoms with Gasteiger partial charge in [0.05, 0.1) is 10.4 Å². The molecule has 2 rings (SSSR count). The van der Waals surface area contributed by atoms with Gasteiger partial charge in [-0.1, -0.05) is 0 Å². The third kappa shape index (κ3) is 3.24. The predicted octanol–water partition coefficient (Wildman–Crippen LogP) is 1.79.